The standard InChI is InChI=1S/C25H15N7/c1-2-5-16(6-3-1)31-20-13-26-10-8-18(20)22-21(31)14-30-23-19-7-4-9-29-25(19)32(24(22)23)17-11-27-15-28-12-17/h1-15H. The molecule has 6 aromatic heterocycles. The quantitative estimate of drug-likeness (QED) is 0.405. The van der Waals surface area contributed by atoms with E-state index in [2.05, 4.69) is 48.4 Å². The third-order valence-corrected chi connectivity index (χ3v) is 5.88. The number of para-hydroxylation sites is 1. The van der Waals surface area contributed by atoms with Crippen molar-refractivity contribution in [1.29, 1.82) is 0 Å². The van der Waals surface area contributed by atoms with Crippen LogP contribution in [0.4, 0.5) is 0 Å². The van der Waals surface area contributed by atoms with E-state index < -0.39 is 0 Å². The minimum Gasteiger partial charge on any atom is -0.306 e. The van der Waals surface area contributed by atoms with E-state index in [1.54, 1.807) is 18.6 Å². The Kier molecular flexibility index (Phi) is 3.43. The molecule has 1 aromatic carbocycles. The zero-order valence-corrected chi connectivity index (χ0v) is 16.8. The molecular weight excluding hydrogens is 398 g/mol. The molecule has 0 unspecified atom stereocenters. The van der Waals surface area contributed by atoms with Crippen LogP contribution in [0.25, 0.3) is 55.2 Å². The first-order valence-electron chi connectivity index (χ1n) is 10.2. The summed E-state index contributed by atoms with van der Waals surface area (Å²) < 4.78 is 4.32. The molecular formula is C25H15N7. The Morgan fingerprint density at radius 2 is 1.47 bits per heavy atom. The fraction of sp³-hybridized carbons (Fsp3) is 0. The Bertz CT molecular complexity index is 1770. The van der Waals surface area contributed by atoms with Gasteiger partial charge in [0.25, 0.3) is 0 Å². The molecule has 0 aliphatic rings. The molecule has 0 aliphatic carbocycles. The van der Waals surface area contributed by atoms with Crippen LogP contribution < -0.4 is 0 Å². The van der Waals surface area contributed by atoms with Gasteiger partial charge < -0.3 is 4.57 Å². The first-order valence-corrected chi connectivity index (χ1v) is 10.2. The van der Waals surface area contributed by atoms with Gasteiger partial charge in [0.2, 0.25) is 0 Å². The van der Waals surface area contributed by atoms with Crippen molar-refractivity contribution >= 4 is 43.9 Å². The molecule has 0 N–H and O–H groups in total. The van der Waals surface area contributed by atoms with E-state index in [4.69, 9.17) is 9.97 Å². The second-order valence-electron chi connectivity index (χ2n) is 7.59. The summed E-state index contributed by atoms with van der Waals surface area (Å²) in [5, 5.41) is 3.19. The predicted molar refractivity (Wildman–Crippen MR) is 124 cm³/mol. The largest absolute Gasteiger partial charge is 0.306 e. The molecule has 0 radical (unpaired) electrons. The zero-order chi connectivity index (χ0) is 21.1. The van der Waals surface area contributed by atoms with Gasteiger partial charge in [0.1, 0.15) is 12.0 Å². The Hall–Kier alpha value is -4.65. The zero-order valence-electron chi connectivity index (χ0n) is 16.8. The van der Waals surface area contributed by atoms with Gasteiger partial charge in [-0.05, 0) is 30.3 Å². The molecule has 0 saturated carbocycles. The summed E-state index contributed by atoms with van der Waals surface area (Å²) >= 11 is 0. The number of nitrogens with zero attached hydrogens (tertiary/aromatic N) is 7. The summed E-state index contributed by atoms with van der Waals surface area (Å²) in [5.41, 5.74) is 6.64. The summed E-state index contributed by atoms with van der Waals surface area (Å²) in [6, 6.07) is 16.3. The lowest BCUT2D eigenvalue weighted by Crippen LogP contribution is -1.98. The van der Waals surface area contributed by atoms with E-state index in [1.165, 1.54) is 6.33 Å². The van der Waals surface area contributed by atoms with E-state index in [0.29, 0.717) is 0 Å². The van der Waals surface area contributed by atoms with Gasteiger partial charge in [-0.1, -0.05) is 18.2 Å². The van der Waals surface area contributed by atoms with E-state index >= 15 is 0 Å². The average Bonchev–Trinajstić information content (AvgIpc) is 3.38. The minimum atomic E-state index is 0.826. The van der Waals surface area contributed by atoms with Gasteiger partial charge in [-0.15, -0.1) is 0 Å². The number of hydrogen-bond acceptors (Lipinski definition) is 5. The molecule has 0 amide bonds. The van der Waals surface area contributed by atoms with Crippen molar-refractivity contribution < 1.29 is 0 Å². The summed E-state index contributed by atoms with van der Waals surface area (Å²) in [5.74, 6) is 0. The van der Waals surface area contributed by atoms with Gasteiger partial charge in [-0.2, -0.15) is 0 Å². The molecule has 150 valence electrons. The summed E-state index contributed by atoms with van der Waals surface area (Å²) in [6.45, 7) is 0. The topological polar surface area (TPSA) is 74.3 Å². The third kappa shape index (κ3) is 2.22. The lowest BCUT2D eigenvalue weighted by Gasteiger charge is -2.08. The van der Waals surface area contributed by atoms with Crippen LogP contribution in [0.5, 0.6) is 0 Å². The molecule has 0 aliphatic heterocycles. The Labute approximate surface area is 181 Å². The second kappa shape index (κ2) is 6.42. The van der Waals surface area contributed by atoms with Gasteiger partial charge >= 0.3 is 0 Å². The fourth-order valence-electron chi connectivity index (χ4n) is 4.63. The highest BCUT2D eigenvalue weighted by molar-refractivity contribution is 6.24. The molecule has 7 heteroatoms. The summed E-state index contributed by atoms with van der Waals surface area (Å²) in [6.07, 6.45) is 12.6. The van der Waals surface area contributed by atoms with E-state index in [-0.39, 0.29) is 0 Å². The van der Waals surface area contributed by atoms with Crippen molar-refractivity contribution in [2.45, 2.75) is 0 Å². The molecule has 0 spiro atoms. The highest BCUT2D eigenvalue weighted by Gasteiger charge is 2.22. The molecule has 7 aromatic rings. The van der Waals surface area contributed by atoms with Crippen molar-refractivity contribution in [3.05, 3.63) is 92.0 Å². The predicted octanol–water partition coefficient (Wildman–Crippen LogP) is 4.86. The van der Waals surface area contributed by atoms with Crippen LogP contribution in [0.3, 0.4) is 0 Å². The van der Waals surface area contributed by atoms with Crippen LogP contribution in [0.1, 0.15) is 0 Å². The maximum atomic E-state index is 4.92. The summed E-state index contributed by atoms with van der Waals surface area (Å²) in [7, 11) is 0. The number of benzene rings is 1. The highest BCUT2D eigenvalue weighted by Crippen LogP contribution is 2.39. The number of aromatic nitrogens is 7. The average molecular weight is 413 g/mol. The number of pyridine rings is 3. The smallest absolute Gasteiger partial charge is 0.147 e. The Morgan fingerprint density at radius 1 is 0.594 bits per heavy atom. The SMILES string of the molecule is c1ccc(-n2c3cnccc3c3c2cnc2c4cccnc4n(-c4cncnc4)c23)cc1. The summed E-state index contributed by atoms with van der Waals surface area (Å²) in [4.78, 5) is 22.5. The monoisotopic (exact) mass is 413 g/mol. The molecule has 32 heavy (non-hydrogen) atoms. The first kappa shape index (κ1) is 17.1. The van der Waals surface area contributed by atoms with Crippen molar-refractivity contribution in [3.8, 4) is 11.4 Å². The van der Waals surface area contributed by atoms with Crippen LogP contribution >= 0.6 is 0 Å². The number of rotatable bonds is 2. The van der Waals surface area contributed by atoms with Gasteiger partial charge in [0.15, 0.2) is 0 Å². The van der Waals surface area contributed by atoms with Crippen molar-refractivity contribution in [3.63, 3.8) is 0 Å². The van der Waals surface area contributed by atoms with Gasteiger partial charge in [0, 0.05) is 34.2 Å². The van der Waals surface area contributed by atoms with Crippen LogP contribution in [0, 0.1) is 0 Å². The van der Waals surface area contributed by atoms with Crippen LogP contribution in [-0.4, -0.2) is 34.1 Å². The van der Waals surface area contributed by atoms with Crippen molar-refractivity contribution in [1.82, 2.24) is 34.1 Å². The minimum absolute atomic E-state index is 0.826. The maximum Gasteiger partial charge on any atom is 0.147 e. The van der Waals surface area contributed by atoms with Crippen LogP contribution in [0.2, 0.25) is 0 Å². The lowest BCUT2D eigenvalue weighted by atomic mass is 10.1. The second-order valence-corrected chi connectivity index (χ2v) is 7.59. The van der Waals surface area contributed by atoms with Gasteiger partial charge in [0.05, 0.1) is 52.5 Å². The van der Waals surface area contributed by atoms with Crippen molar-refractivity contribution in [2.24, 2.45) is 0 Å². The molecule has 0 saturated heterocycles. The van der Waals surface area contributed by atoms with Crippen LogP contribution in [-0.2, 0) is 0 Å². The number of hydrogen-bond donors (Lipinski definition) is 0. The van der Waals surface area contributed by atoms with E-state index in [0.717, 1.165) is 55.2 Å². The molecule has 0 bridgehead atoms. The molecule has 0 fully saturated rings. The fourth-order valence-corrected chi connectivity index (χ4v) is 4.63. The molecule has 0 atom stereocenters. The Balaban J connectivity index is 1.77. The van der Waals surface area contributed by atoms with Crippen LogP contribution in [0.15, 0.2) is 92.0 Å². The van der Waals surface area contributed by atoms with Crippen molar-refractivity contribution in [2.75, 3.05) is 0 Å². The van der Waals surface area contributed by atoms with Gasteiger partial charge in [-0.3, -0.25) is 14.5 Å². The molecule has 7 nitrogen and oxygen atoms in total. The maximum absolute atomic E-state index is 4.92. The first-order chi connectivity index (χ1) is 15.9. The normalized spacial score (nSPS) is 11.8. The third-order valence-electron chi connectivity index (χ3n) is 5.88. The molecule has 7 rings (SSSR count). The molecule has 6 heterocycles. The highest BCUT2D eigenvalue weighted by atomic mass is 15.1. The Morgan fingerprint density at radius 3 is 2.34 bits per heavy atom. The van der Waals surface area contributed by atoms with Gasteiger partial charge in [-0.25, -0.2) is 15.0 Å². The number of fused-ring (bicyclic) bond motifs is 7. The van der Waals surface area contributed by atoms with E-state index in [1.807, 2.05) is 42.9 Å². The lowest BCUT2D eigenvalue weighted by molar-refractivity contribution is 1.06. The van der Waals surface area contributed by atoms with E-state index in [9.17, 15) is 0 Å².